The van der Waals surface area contributed by atoms with Crippen molar-refractivity contribution in [2.45, 2.75) is 45.2 Å². The highest BCUT2D eigenvalue weighted by Gasteiger charge is 2.33. The number of rotatable bonds is 6. The summed E-state index contributed by atoms with van der Waals surface area (Å²) in [6.07, 6.45) is 0. The van der Waals surface area contributed by atoms with Crippen molar-refractivity contribution in [3.8, 4) is 0 Å². The largest absolute Gasteiger partial charge is 0.325 e. The Morgan fingerprint density at radius 1 is 1.23 bits per heavy atom. The minimum atomic E-state index is 0.117. The van der Waals surface area contributed by atoms with Gasteiger partial charge in [-0.25, -0.2) is 0 Å². The monoisotopic (exact) mass is 340 g/mol. The number of hydrogen-bond acceptors (Lipinski definition) is 3. The molecule has 0 N–H and O–H groups in total. The molecule has 1 aromatic carbocycles. The summed E-state index contributed by atoms with van der Waals surface area (Å²) >= 11 is 7.66. The van der Waals surface area contributed by atoms with E-state index in [0.717, 1.165) is 23.7 Å². The SMILES string of the molecule is CC(C)N(CCN1C(=O)CSC1c1ccc(Cl)cc1)C(C)C. The van der Waals surface area contributed by atoms with Crippen LogP contribution in [0.3, 0.4) is 0 Å². The Kier molecular flexibility index (Phi) is 6.18. The lowest BCUT2D eigenvalue weighted by atomic mass is 10.2. The molecule has 0 saturated carbocycles. The van der Waals surface area contributed by atoms with Gasteiger partial charge in [0.05, 0.1) is 5.75 Å². The van der Waals surface area contributed by atoms with Crippen LogP contribution in [0.1, 0.15) is 38.6 Å². The van der Waals surface area contributed by atoms with Gasteiger partial charge in [0.2, 0.25) is 5.91 Å². The first kappa shape index (κ1) is 17.6. The molecule has 0 aromatic heterocycles. The van der Waals surface area contributed by atoms with E-state index in [4.69, 9.17) is 11.6 Å². The van der Waals surface area contributed by atoms with Gasteiger partial charge < -0.3 is 4.90 Å². The quantitative estimate of drug-likeness (QED) is 0.781. The van der Waals surface area contributed by atoms with E-state index >= 15 is 0 Å². The van der Waals surface area contributed by atoms with Gasteiger partial charge in [0.25, 0.3) is 0 Å². The Labute approximate surface area is 143 Å². The standard InChI is InChI=1S/C17H25ClN2OS/c1-12(2)19(13(3)4)9-10-20-16(21)11-22-17(20)14-5-7-15(18)8-6-14/h5-8,12-13,17H,9-11H2,1-4H3. The summed E-state index contributed by atoms with van der Waals surface area (Å²) in [7, 11) is 0. The van der Waals surface area contributed by atoms with Crippen molar-refractivity contribution in [1.29, 1.82) is 0 Å². The average Bonchev–Trinajstić information content (AvgIpc) is 2.81. The van der Waals surface area contributed by atoms with Gasteiger partial charge in [-0.1, -0.05) is 23.7 Å². The molecule has 1 fully saturated rings. The van der Waals surface area contributed by atoms with Crippen molar-refractivity contribution in [3.05, 3.63) is 34.9 Å². The molecule has 122 valence electrons. The molecule has 0 aliphatic carbocycles. The lowest BCUT2D eigenvalue weighted by Crippen LogP contribution is -2.43. The number of carbonyl (C=O) groups is 1. The third-order valence-corrected chi connectivity index (χ3v) is 5.56. The normalized spacial score (nSPS) is 19.0. The summed E-state index contributed by atoms with van der Waals surface area (Å²) in [4.78, 5) is 16.7. The fraction of sp³-hybridized carbons (Fsp3) is 0.588. The maximum Gasteiger partial charge on any atom is 0.233 e. The summed E-state index contributed by atoms with van der Waals surface area (Å²) in [5.41, 5.74) is 1.15. The van der Waals surface area contributed by atoms with Crippen LogP contribution in [0.4, 0.5) is 0 Å². The lowest BCUT2D eigenvalue weighted by molar-refractivity contribution is -0.128. The number of benzene rings is 1. The molecule has 0 bridgehead atoms. The lowest BCUT2D eigenvalue weighted by Gasteiger charge is -2.33. The van der Waals surface area contributed by atoms with E-state index in [0.29, 0.717) is 17.8 Å². The van der Waals surface area contributed by atoms with Crippen LogP contribution < -0.4 is 0 Å². The molecule has 0 radical (unpaired) electrons. The second-order valence-electron chi connectivity index (χ2n) is 6.23. The first-order valence-corrected chi connectivity index (χ1v) is 9.25. The predicted molar refractivity (Wildman–Crippen MR) is 95.3 cm³/mol. The minimum absolute atomic E-state index is 0.117. The van der Waals surface area contributed by atoms with Crippen LogP contribution in [0.5, 0.6) is 0 Å². The summed E-state index contributed by atoms with van der Waals surface area (Å²) in [6.45, 7) is 10.5. The fourth-order valence-electron chi connectivity index (χ4n) is 2.94. The maximum atomic E-state index is 12.2. The Hall–Kier alpha value is -0.710. The highest BCUT2D eigenvalue weighted by Crippen LogP contribution is 2.38. The van der Waals surface area contributed by atoms with E-state index in [-0.39, 0.29) is 11.3 Å². The van der Waals surface area contributed by atoms with Gasteiger partial charge in [-0.2, -0.15) is 0 Å². The van der Waals surface area contributed by atoms with Crippen molar-refractivity contribution < 1.29 is 4.79 Å². The van der Waals surface area contributed by atoms with Crippen LogP contribution in [-0.4, -0.2) is 46.6 Å². The molecular weight excluding hydrogens is 316 g/mol. The van der Waals surface area contributed by atoms with E-state index in [2.05, 4.69) is 32.6 Å². The summed E-state index contributed by atoms with van der Waals surface area (Å²) in [6, 6.07) is 8.81. The highest BCUT2D eigenvalue weighted by atomic mass is 35.5. The Balaban J connectivity index is 2.06. The second kappa shape index (κ2) is 7.71. The molecule has 2 rings (SSSR count). The maximum absolute atomic E-state index is 12.2. The van der Waals surface area contributed by atoms with Crippen LogP contribution in [-0.2, 0) is 4.79 Å². The first-order chi connectivity index (χ1) is 10.4. The van der Waals surface area contributed by atoms with Crippen molar-refractivity contribution in [2.24, 2.45) is 0 Å². The highest BCUT2D eigenvalue weighted by molar-refractivity contribution is 8.00. The van der Waals surface area contributed by atoms with Crippen molar-refractivity contribution in [2.75, 3.05) is 18.8 Å². The van der Waals surface area contributed by atoms with Gasteiger partial charge in [-0.05, 0) is 45.4 Å². The van der Waals surface area contributed by atoms with Crippen LogP contribution in [0, 0.1) is 0 Å². The number of nitrogens with zero attached hydrogens (tertiary/aromatic N) is 2. The molecule has 0 spiro atoms. The molecule has 1 heterocycles. The van der Waals surface area contributed by atoms with Gasteiger partial charge in [-0.3, -0.25) is 9.69 Å². The molecule has 1 aromatic rings. The van der Waals surface area contributed by atoms with Crippen molar-refractivity contribution >= 4 is 29.3 Å². The van der Waals surface area contributed by atoms with E-state index in [1.165, 1.54) is 0 Å². The Morgan fingerprint density at radius 2 is 1.82 bits per heavy atom. The molecule has 1 amide bonds. The molecule has 5 heteroatoms. The number of amides is 1. The Bertz CT molecular complexity index is 496. The second-order valence-corrected chi connectivity index (χ2v) is 7.73. The zero-order valence-corrected chi connectivity index (χ0v) is 15.3. The van der Waals surface area contributed by atoms with E-state index < -0.39 is 0 Å². The van der Waals surface area contributed by atoms with Gasteiger partial charge in [0.15, 0.2) is 0 Å². The molecule has 1 saturated heterocycles. The van der Waals surface area contributed by atoms with Gasteiger partial charge in [0, 0.05) is 30.2 Å². The molecule has 1 atom stereocenters. The summed E-state index contributed by atoms with van der Waals surface area (Å²) in [5.74, 6) is 0.800. The molecule has 1 aliphatic rings. The topological polar surface area (TPSA) is 23.6 Å². The minimum Gasteiger partial charge on any atom is -0.325 e. The van der Waals surface area contributed by atoms with E-state index in [1.54, 1.807) is 11.8 Å². The zero-order chi connectivity index (χ0) is 16.3. The van der Waals surface area contributed by atoms with Crippen LogP contribution in [0.2, 0.25) is 5.02 Å². The van der Waals surface area contributed by atoms with Crippen LogP contribution in [0.25, 0.3) is 0 Å². The summed E-state index contributed by atoms with van der Waals surface area (Å²) < 4.78 is 0. The van der Waals surface area contributed by atoms with Crippen molar-refractivity contribution in [1.82, 2.24) is 9.80 Å². The molecule has 1 unspecified atom stereocenters. The average molecular weight is 341 g/mol. The predicted octanol–water partition coefficient (Wildman–Crippen LogP) is 4.03. The fourth-order valence-corrected chi connectivity index (χ4v) is 4.28. The number of halogens is 1. The smallest absolute Gasteiger partial charge is 0.233 e. The molecule has 22 heavy (non-hydrogen) atoms. The first-order valence-electron chi connectivity index (χ1n) is 7.82. The van der Waals surface area contributed by atoms with Gasteiger partial charge >= 0.3 is 0 Å². The van der Waals surface area contributed by atoms with Crippen molar-refractivity contribution in [3.63, 3.8) is 0 Å². The third kappa shape index (κ3) is 4.18. The van der Waals surface area contributed by atoms with E-state index in [9.17, 15) is 4.79 Å². The zero-order valence-electron chi connectivity index (χ0n) is 13.8. The van der Waals surface area contributed by atoms with Crippen LogP contribution >= 0.6 is 23.4 Å². The molecular formula is C17H25ClN2OS. The molecule has 3 nitrogen and oxygen atoms in total. The van der Waals surface area contributed by atoms with Gasteiger partial charge in [0.1, 0.15) is 5.37 Å². The number of hydrogen-bond donors (Lipinski definition) is 0. The van der Waals surface area contributed by atoms with E-state index in [1.807, 2.05) is 29.2 Å². The number of thioether (sulfide) groups is 1. The molecule has 1 aliphatic heterocycles. The van der Waals surface area contributed by atoms with Crippen LogP contribution in [0.15, 0.2) is 24.3 Å². The number of carbonyl (C=O) groups excluding carboxylic acids is 1. The Morgan fingerprint density at radius 3 is 2.36 bits per heavy atom. The third-order valence-electron chi connectivity index (χ3n) is 4.05. The summed E-state index contributed by atoms with van der Waals surface area (Å²) in [5, 5.41) is 0.848. The van der Waals surface area contributed by atoms with Gasteiger partial charge in [-0.15, -0.1) is 11.8 Å².